The van der Waals surface area contributed by atoms with Gasteiger partial charge in [-0.05, 0) is 41.3 Å². The van der Waals surface area contributed by atoms with Crippen LogP contribution in [0.25, 0.3) is 17.0 Å². The molecule has 0 fully saturated rings. The molecule has 1 aromatic heterocycles. The lowest BCUT2D eigenvalue weighted by Crippen LogP contribution is -2.42. The van der Waals surface area contributed by atoms with E-state index < -0.39 is 24.5 Å². The van der Waals surface area contributed by atoms with Crippen molar-refractivity contribution >= 4 is 28.9 Å². The van der Waals surface area contributed by atoms with Crippen LogP contribution in [-0.4, -0.2) is 59.8 Å². The highest BCUT2D eigenvalue weighted by molar-refractivity contribution is 5.92. The van der Waals surface area contributed by atoms with Crippen molar-refractivity contribution in [3.05, 3.63) is 64.9 Å². The Morgan fingerprint density at radius 3 is 2.60 bits per heavy atom. The minimum Gasteiger partial charge on any atom is -0.496 e. The molecule has 2 heterocycles. The van der Waals surface area contributed by atoms with Gasteiger partial charge in [0.05, 0.1) is 38.5 Å². The summed E-state index contributed by atoms with van der Waals surface area (Å²) in [5.74, 6) is -3.06. The molecular weight excluding hydrogens is 456 g/mol. The second-order valence-electron chi connectivity index (χ2n) is 8.69. The van der Waals surface area contributed by atoms with Crippen LogP contribution in [0.4, 0.5) is 8.78 Å². The third kappa shape index (κ3) is 4.95. The standard InChI is InChI=1S/C26H27F2N3O4/c1-16(32)31-22-9-8-19-18(21(22)14-29-31)11-12-30(15-26(2,27)28)25(19)20-7-5-17(13-23(20)34-3)6-10-24(33)35-4/h5-10,13-14,25H,11-12,15H2,1-4H3/b10-6+. The summed E-state index contributed by atoms with van der Waals surface area (Å²) < 4.78 is 40.0. The fourth-order valence-electron chi connectivity index (χ4n) is 4.72. The minimum absolute atomic E-state index is 0.197. The quantitative estimate of drug-likeness (QED) is 0.380. The van der Waals surface area contributed by atoms with Crippen LogP contribution in [0.2, 0.25) is 0 Å². The van der Waals surface area contributed by atoms with Crippen molar-refractivity contribution in [1.82, 2.24) is 14.7 Å². The lowest BCUT2D eigenvalue weighted by Gasteiger charge is -2.39. The average Bonchev–Trinajstić information content (AvgIpc) is 3.26. The van der Waals surface area contributed by atoms with Gasteiger partial charge in [0.25, 0.3) is 5.92 Å². The molecule has 0 radical (unpaired) electrons. The molecule has 0 N–H and O–H groups in total. The Balaban J connectivity index is 1.85. The molecule has 0 aliphatic carbocycles. The van der Waals surface area contributed by atoms with E-state index in [9.17, 15) is 18.4 Å². The molecule has 2 aromatic carbocycles. The van der Waals surface area contributed by atoms with Crippen molar-refractivity contribution < 1.29 is 27.8 Å². The SMILES string of the molecule is COC(=O)/C=C/c1ccc(C2c3ccc4c(cnn4C(C)=O)c3CCN2CC(C)(F)F)c(OC)c1. The first-order valence-corrected chi connectivity index (χ1v) is 11.2. The van der Waals surface area contributed by atoms with E-state index in [0.717, 1.165) is 29.0 Å². The fourth-order valence-corrected chi connectivity index (χ4v) is 4.72. The topological polar surface area (TPSA) is 73.7 Å². The van der Waals surface area contributed by atoms with E-state index in [0.29, 0.717) is 29.8 Å². The molecule has 0 bridgehead atoms. The lowest BCUT2D eigenvalue weighted by atomic mass is 9.85. The van der Waals surface area contributed by atoms with Crippen molar-refractivity contribution in [2.75, 3.05) is 27.3 Å². The lowest BCUT2D eigenvalue weighted by molar-refractivity contribution is -0.134. The maximum Gasteiger partial charge on any atom is 0.330 e. The van der Waals surface area contributed by atoms with E-state index in [1.54, 1.807) is 29.3 Å². The van der Waals surface area contributed by atoms with Crippen LogP contribution in [0.1, 0.15) is 46.9 Å². The largest absolute Gasteiger partial charge is 0.496 e. The molecule has 1 aliphatic rings. The summed E-state index contributed by atoms with van der Waals surface area (Å²) >= 11 is 0. The van der Waals surface area contributed by atoms with Gasteiger partial charge in [0.2, 0.25) is 5.91 Å². The maximum atomic E-state index is 14.2. The number of methoxy groups -OCH3 is 2. The second-order valence-corrected chi connectivity index (χ2v) is 8.69. The van der Waals surface area contributed by atoms with Crippen LogP contribution in [0.5, 0.6) is 5.75 Å². The van der Waals surface area contributed by atoms with Crippen LogP contribution in [0.15, 0.2) is 42.6 Å². The van der Waals surface area contributed by atoms with Gasteiger partial charge in [-0.3, -0.25) is 9.69 Å². The summed E-state index contributed by atoms with van der Waals surface area (Å²) in [4.78, 5) is 25.2. The number of halogens is 2. The predicted octanol–water partition coefficient (Wildman–Crippen LogP) is 4.49. The van der Waals surface area contributed by atoms with Crippen molar-refractivity contribution in [1.29, 1.82) is 0 Å². The fraction of sp³-hybridized carbons (Fsp3) is 0.346. The van der Waals surface area contributed by atoms with Gasteiger partial charge >= 0.3 is 5.97 Å². The number of ether oxygens (including phenoxy) is 2. The average molecular weight is 484 g/mol. The third-order valence-electron chi connectivity index (χ3n) is 6.15. The number of fused-ring (bicyclic) bond motifs is 3. The molecule has 35 heavy (non-hydrogen) atoms. The Morgan fingerprint density at radius 1 is 1.20 bits per heavy atom. The highest BCUT2D eigenvalue weighted by atomic mass is 19.3. The molecular formula is C26H27F2N3O4. The minimum atomic E-state index is -2.89. The zero-order valence-corrected chi connectivity index (χ0v) is 20.0. The van der Waals surface area contributed by atoms with Gasteiger partial charge in [-0.15, -0.1) is 0 Å². The van der Waals surface area contributed by atoms with Gasteiger partial charge in [-0.2, -0.15) is 5.10 Å². The molecule has 7 nitrogen and oxygen atoms in total. The van der Waals surface area contributed by atoms with E-state index in [1.807, 2.05) is 18.2 Å². The first-order chi connectivity index (χ1) is 16.6. The summed E-state index contributed by atoms with van der Waals surface area (Å²) in [5, 5.41) is 5.07. The third-order valence-corrected chi connectivity index (χ3v) is 6.15. The highest BCUT2D eigenvalue weighted by Gasteiger charge is 2.37. The summed E-state index contributed by atoms with van der Waals surface area (Å²) in [6.07, 6.45) is 5.11. The molecule has 1 unspecified atom stereocenters. The number of hydrogen-bond donors (Lipinski definition) is 0. The van der Waals surface area contributed by atoms with Crippen LogP contribution in [0.3, 0.4) is 0 Å². The number of carbonyl (C=O) groups excluding carboxylic acids is 2. The molecule has 1 aliphatic heterocycles. The predicted molar refractivity (Wildman–Crippen MR) is 128 cm³/mol. The Bertz CT molecular complexity index is 1310. The van der Waals surface area contributed by atoms with E-state index in [1.165, 1.54) is 31.9 Å². The molecule has 3 aromatic rings. The van der Waals surface area contributed by atoms with Crippen molar-refractivity contribution in [3.8, 4) is 5.75 Å². The number of nitrogens with zero attached hydrogens (tertiary/aromatic N) is 3. The molecule has 184 valence electrons. The van der Waals surface area contributed by atoms with Crippen molar-refractivity contribution in [2.24, 2.45) is 0 Å². The van der Waals surface area contributed by atoms with Gasteiger partial charge in [-0.25, -0.2) is 18.3 Å². The molecule has 0 saturated carbocycles. The van der Waals surface area contributed by atoms with Crippen LogP contribution in [0, 0.1) is 0 Å². The molecule has 4 rings (SSSR count). The zero-order chi connectivity index (χ0) is 25.3. The van der Waals surface area contributed by atoms with Crippen LogP contribution < -0.4 is 4.74 Å². The Morgan fingerprint density at radius 2 is 1.94 bits per heavy atom. The van der Waals surface area contributed by atoms with Crippen molar-refractivity contribution in [3.63, 3.8) is 0 Å². The van der Waals surface area contributed by atoms with E-state index in [-0.39, 0.29) is 5.91 Å². The number of hydrogen-bond acceptors (Lipinski definition) is 6. The zero-order valence-electron chi connectivity index (χ0n) is 20.0. The van der Waals surface area contributed by atoms with Gasteiger partial charge in [0, 0.05) is 37.4 Å². The smallest absolute Gasteiger partial charge is 0.330 e. The summed E-state index contributed by atoms with van der Waals surface area (Å²) in [5.41, 5.74) is 3.97. The number of esters is 1. The van der Waals surface area contributed by atoms with Crippen LogP contribution in [-0.2, 0) is 16.0 Å². The Hall–Kier alpha value is -3.59. The summed E-state index contributed by atoms with van der Waals surface area (Å²) in [7, 11) is 2.82. The Labute approximate surface area is 201 Å². The number of benzene rings is 2. The summed E-state index contributed by atoms with van der Waals surface area (Å²) in [6.45, 7) is 2.34. The first kappa shape index (κ1) is 24.5. The van der Waals surface area contributed by atoms with E-state index >= 15 is 0 Å². The number of aromatic nitrogens is 2. The summed E-state index contributed by atoms with van der Waals surface area (Å²) in [6, 6.07) is 8.59. The number of carbonyl (C=O) groups is 2. The molecule has 0 saturated heterocycles. The molecule has 0 amide bonds. The van der Waals surface area contributed by atoms with Gasteiger partial charge in [0.1, 0.15) is 5.75 Å². The highest BCUT2D eigenvalue weighted by Crippen LogP contribution is 2.42. The van der Waals surface area contributed by atoms with Gasteiger partial charge in [-0.1, -0.05) is 18.2 Å². The second kappa shape index (κ2) is 9.58. The van der Waals surface area contributed by atoms with Gasteiger partial charge < -0.3 is 9.47 Å². The van der Waals surface area contributed by atoms with E-state index in [2.05, 4.69) is 9.84 Å². The molecule has 9 heteroatoms. The van der Waals surface area contributed by atoms with E-state index in [4.69, 9.17) is 4.74 Å². The monoisotopic (exact) mass is 483 g/mol. The van der Waals surface area contributed by atoms with Crippen molar-refractivity contribution in [2.45, 2.75) is 32.2 Å². The molecule has 1 atom stereocenters. The van der Waals surface area contributed by atoms with Crippen LogP contribution >= 0.6 is 0 Å². The number of rotatable bonds is 6. The molecule has 0 spiro atoms. The Kier molecular flexibility index (Phi) is 6.71. The first-order valence-electron chi connectivity index (χ1n) is 11.2. The normalized spacial score (nSPS) is 16.5. The maximum absolute atomic E-state index is 14.2. The number of alkyl halides is 2. The van der Waals surface area contributed by atoms with Gasteiger partial charge in [0.15, 0.2) is 0 Å².